The Hall–Kier alpha value is -1.11. The number of hydrogen-bond donors (Lipinski definition) is 1. The van der Waals surface area contributed by atoms with Gasteiger partial charge in [0.05, 0.1) is 18.0 Å². The summed E-state index contributed by atoms with van der Waals surface area (Å²) in [5, 5.41) is 0. The fraction of sp³-hybridized carbons (Fsp3) is 0.538. The SMILES string of the molecule is CC1(C)CN(S(=O)(=O)Cc2cccc(N)c2)CCO1. The second-order valence-electron chi connectivity index (χ2n) is 5.44. The van der Waals surface area contributed by atoms with Crippen LogP contribution >= 0.6 is 0 Å². The molecule has 1 aliphatic heterocycles. The molecule has 1 aromatic carbocycles. The van der Waals surface area contributed by atoms with E-state index in [9.17, 15) is 8.42 Å². The molecule has 2 rings (SSSR count). The third-order valence-electron chi connectivity index (χ3n) is 3.08. The molecule has 0 atom stereocenters. The normalized spacial score (nSPS) is 20.3. The van der Waals surface area contributed by atoms with Crippen LogP contribution in [-0.2, 0) is 20.5 Å². The average Bonchev–Trinajstić information content (AvgIpc) is 2.27. The zero-order valence-electron chi connectivity index (χ0n) is 11.3. The summed E-state index contributed by atoms with van der Waals surface area (Å²) in [4.78, 5) is 0. The van der Waals surface area contributed by atoms with Gasteiger partial charge in [0.25, 0.3) is 0 Å². The molecule has 0 spiro atoms. The minimum atomic E-state index is -3.33. The summed E-state index contributed by atoms with van der Waals surface area (Å²) in [5.41, 5.74) is 6.53. The molecule has 1 aromatic rings. The Bertz CT molecular complexity index is 555. The van der Waals surface area contributed by atoms with Gasteiger partial charge in [0, 0.05) is 18.8 Å². The van der Waals surface area contributed by atoms with Gasteiger partial charge in [-0.05, 0) is 31.5 Å². The average molecular weight is 284 g/mol. The van der Waals surface area contributed by atoms with Gasteiger partial charge in [-0.2, -0.15) is 4.31 Å². The number of hydrogen-bond acceptors (Lipinski definition) is 4. The zero-order valence-corrected chi connectivity index (χ0v) is 12.1. The van der Waals surface area contributed by atoms with Crippen molar-refractivity contribution in [1.29, 1.82) is 0 Å². The molecular weight excluding hydrogens is 264 g/mol. The highest BCUT2D eigenvalue weighted by atomic mass is 32.2. The van der Waals surface area contributed by atoms with Gasteiger partial charge < -0.3 is 10.5 Å². The Morgan fingerprint density at radius 2 is 2.16 bits per heavy atom. The number of rotatable bonds is 3. The largest absolute Gasteiger partial charge is 0.399 e. The van der Waals surface area contributed by atoms with Crippen LogP contribution in [0.4, 0.5) is 5.69 Å². The Labute approximate surface area is 114 Å². The lowest BCUT2D eigenvalue weighted by Gasteiger charge is -2.37. The van der Waals surface area contributed by atoms with Crippen LogP contribution in [0.15, 0.2) is 24.3 Å². The first-order valence-electron chi connectivity index (χ1n) is 6.25. The lowest BCUT2D eigenvalue weighted by Crippen LogP contribution is -2.50. The van der Waals surface area contributed by atoms with E-state index in [0.717, 1.165) is 0 Å². The summed E-state index contributed by atoms with van der Waals surface area (Å²) in [6.45, 7) is 5.03. The fourth-order valence-corrected chi connectivity index (χ4v) is 3.84. The third kappa shape index (κ3) is 3.68. The zero-order chi connectivity index (χ0) is 14.1. The number of anilines is 1. The van der Waals surface area contributed by atoms with E-state index >= 15 is 0 Å². The lowest BCUT2D eigenvalue weighted by molar-refractivity contribution is -0.0640. The smallest absolute Gasteiger partial charge is 0.218 e. The van der Waals surface area contributed by atoms with Crippen molar-refractivity contribution in [2.24, 2.45) is 0 Å². The maximum absolute atomic E-state index is 12.4. The maximum Gasteiger partial charge on any atom is 0.218 e. The molecule has 2 N–H and O–H groups in total. The van der Waals surface area contributed by atoms with E-state index in [4.69, 9.17) is 10.5 Å². The first kappa shape index (κ1) is 14.3. The number of ether oxygens (including phenoxy) is 1. The van der Waals surface area contributed by atoms with Crippen molar-refractivity contribution in [3.05, 3.63) is 29.8 Å². The summed E-state index contributed by atoms with van der Waals surface area (Å²) < 4.78 is 31.8. The highest BCUT2D eigenvalue weighted by molar-refractivity contribution is 7.88. The van der Waals surface area contributed by atoms with Crippen LogP contribution < -0.4 is 5.73 Å². The minimum Gasteiger partial charge on any atom is -0.399 e. The third-order valence-corrected chi connectivity index (χ3v) is 4.88. The Morgan fingerprint density at radius 1 is 1.42 bits per heavy atom. The number of nitrogens with two attached hydrogens (primary N) is 1. The summed E-state index contributed by atoms with van der Waals surface area (Å²) >= 11 is 0. The molecule has 0 radical (unpaired) electrons. The molecule has 1 aliphatic rings. The van der Waals surface area contributed by atoms with E-state index in [0.29, 0.717) is 30.9 Å². The molecule has 106 valence electrons. The lowest BCUT2D eigenvalue weighted by atomic mass is 10.1. The molecule has 1 fully saturated rings. The number of benzene rings is 1. The molecule has 0 amide bonds. The van der Waals surface area contributed by atoms with Gasteiger partial charge in [-0.25, -0.2) is 8.42 Å². The molecule has 0 saturated carbocycles. The van der Waals surface area contributed by atoms with Gasteiger partial charge in [0.15, 0.2) is 0 Å². The Balaban J connectivity index is 2.14. The van der Waals surface area contributed by atoms with E-state index < -0.39 is 15.6 Å². The number of morpholine rings is 1. The van der Waals surface area contributed by atoms with Crippen molar-refractivity contribution in [2.45, 2.75) is 25.2 Å². The van der Waals surface area contributed by atoms with E-state index in [1.807, 2.05) is 13.8 Å². The van der Waals surface area contributed by atoms with Crippen LogP contribution in [0.3, 0.4) is 0 Å². The maximum atomic E-state index is 12.4. The second-order valence-corrected chi connectivity index (χ2v) is 7.41. The van der Waals surface area contributed by atoms with E-state index in [2.05, 4.69) is 0 Å². The molecule has 5 nitrogen and oxygen atoms in total. The second kappa shape index (κ2) is 5.11. The van der Waals surface area contributed by atoms with Crippen molar-refractivity contribution in [3.8, 4) is 0 Å². The Kier molecular flexibility index (Phi) is 3.85. The molecule has 0 aromatic heterocycles. The first-order chi connectivity index (χ1) is 8.78. The topological polar surface area (TPSA) is 72.6 Å². The van der Waals surface area contributed by atoms with E-state index in [-0.39, 0.29) is 5.75 Å². The number of nitrogens with zero attached hydrogens (tertiary/aromatic N) is 1. The van der Waals surface area contributed by atoms with Gasteiger partial charge in [-0.3, -0.25) is 0 Å². The van der Waals surface area contributed by atoms with Crippen molar-refractivity contribution >= 4 is 15.7 Å². The Morgan fingerprint density at radius 3 is 2.79 bits per heavy atom. The van der Waals surface area contributed by atoms with Gasteiger partial charge >= 0.3 is 0 Å². The van der Waals surface area contributed by atoms with Crippen LogP contribution in [0.25, 0.3) is 0 Å². The van der Waals surface area contributed by atoms with E-state index in [1.165, 1.54) is 4.31 Å². The van der Waals surface area contributed by atoms with E-state index in [1.54, 1.807) is 24.3 Å². The number of sulfonamides is 1. The molecule has 0 unspecified atom stereocenters. The standard InChI is InChI=1S/C13H20N2O3S/c1-13(2)10-15(6-7-18-13)19(16,17)9-11-4-3-5-12(14)8-11/h3-5,8H,6-7,9-10,14H2,1-2H3. The van der Waals surface area contributed by atoms with Crippen molar-refractivity contribution in [3.63, 3.8) is 0 Å². The minimum absolute atomic E-state index is 0.0197. The van der Waals surface area contributed by atoms with Gasteiger partial charge in [0.2, 0.25) is 10.0 Å². The molecule has 0 aliphatic carbocycles. The van der Waals surface area contributed by atoms with Gasteiger partial charge in [0.1, 0.15) is 0 Å². The fourth-order valence-electron chi connectivity index (χ4n) is 2.20. The van der Waals surface area contributed by atoms with Crippen LogP contribution in [-0.4, -0.2) is 38.0 Å². The highest BCUT2D eigenvalue weighted by Gasteiger charge is 2.33. The van der Waals surface area contributed by atoms with Crippen LogP contribution in [0.5, 0.6) is 0 Å². The van der Waals surface area contributed by atoms with Crippen LogP contribution in [0.2, 0.25) is 0 Å². The van der Waals surface area contributed by atoms with Crippen LogP contribution in [0, 0.1) is 0 Å². The van der Waals surface area contributed by atoms with Gasteiger partial charge in [-0.1, -0.05) is 12.1 Å². The first-order valence-corrected chi connectivity index (χ1v) is 7.86. The molecule has 6 heteroatoms. The molecule has 1 saturated heterocycles. The van der Waals surface area contributed by atoms with Crippen molar-refractivity contribution < 1.29 is 13.2 Å². The summed E-state index contributed by atoms with van der Waals surface area (Å²) in [5.74, 6) is -0.0197. The monoisotopic (exact) mass is 284 g/mol. The summed E-state index contributed by atoms with van der Waals surface area (Å²) in [7, 11) is -3.33. The molecule has 0 bridgehead atoms. The molecule has 19 heavy (non-hydrogen) atoms. The highest BCUT2D eigenvalue weighted by Crippen LogP contribution is 2.21. The molecule has 1 heterocycles. The predicted molar refractivity (Wildman–Crippen MR) is 75.1 cm³/mol. The molecular formula is C13H20N2O3S. The van der Waals surface area contributed by atoms with Gasteiger partial charge in [-0.15, -0.1) is 0 Å². The quantitative estimate of drug-likeness (QED) is 0.847. The summed E-state index contributed by atoms with van der Waals surface area (Å²) in [6, 6.07) is 6.99. The number of nitrogen functional groups attached to an aromatic ring is 1. The van der Waals surface area contributed by atoms with Crippen molar-refractivity contribution in [2.75, 3.05) is 25.4 Å². The predicted octanol–water partition coefficient (Wildman–Crippen LogP) is 1.21. The van der Waals surface area contributed by atoms with Crippen molar-refractivity contribution in [1.82, 2.24) is 4.31 Å². The van der Waals surface area contributed by atoms with Crippen LogP contribution in [0.1, 0.15) is 19.4 Å². The summed E-state index contributed by atoms with van der Waals surface area (Å²) in [6.07, 6.45) is 0.